The zero-order valence-corrected chi connectivity index (χ0v) is 23.8. The predicted octanol–water partition coefficient (Wildman–Crippen LogP) is 10.2. The van der Waals surface area contributed by atoms with E-state index in [0.29, 0.717) is 0 Å². The number of rotatable bonds is 1. The van der Waals surface area contributed by atoms with Crippen molar-refractivity contribution in [2.75, 3.05) is 0 Å². The fraction of sp³-hybridized carbons (Fsp3) is 0.382. The van der Waals surface area contributed by atoms with E-state index < -0.39 is 0 Å². The third-order valence-electron chi connectivity index (χ3n) is 8.57. The van der Waals surface area contributed by atoms with Gasteiger partial charge in [0.05, 0.1) is 10.4 Å². The van der Waals surface area contributed by atoms with Crippen molar-refractivity contribution in [3.8, 4) is 11.3 Å². The minimum absolute atomic E-state index is 0.0505. The summed E-state index contributed by atoms with van der Waals surface area (Å²) in [6.07, 6.45) is 4.49. The van der Waals surface area contributed by atoms with Crippen LogP contribution in [0.3, 0.4) is 0 Å². The molecule has 36 heavy (non-hydrogen) atoms. The summed E-state index contributed by atoms with van der Waals surface area (Å²) in [7, 11) is 0. The van der Waals surface area contributed by atoms with E-state index in [9.17, 15) is 0 Å². The van der Waals surface area contributed by atoms with Crippen molar-refractivity contribution in [1.29, 1.82) is 0 Å². The molecule has 2 heterocycles. The van der Waals surface area contributed by atoms with E-state index in [1.165, 1.54) is 60.5 Å². The average Bonchev–Trinajstić information content (AvgIpc) is 3.21. The van der Waals surface area contributed by atoms with Crippen LogP contribution in [-0.2, 0) is 16.2 Å². The fourth-order valence-corrected chi connectivity index (χ4v) is 7.72. The second-order valence-corrected chi connectivity index (χ2v) is 14.2. The fourth-order valence-electron chi connectivity index (χ4n) is 6.43. The lowest BCUT2D eigenvalue weighted by Crippen LogP contribution is -2.34. The Morgan fingerprint density at radius 3 is 2.31 bits per heavy atom. The first-order valence-electron chi connectivity index (χ1n) is 13.3. The number of nitrogens with zero attached hydrogens (tertiary/aromatic N) is 1. The van der Waals surface area contributed by atoms with Gasteiger partial charge in [0.1, 0.15) is 0 Å². The summed E-state index contributed by atoms with van der Waals surface area (Å²) in [5.74, 6) is 0. The van der Waals surface area contributed by atoms with Gasteiger partial charge in [-0.1, -0.05) is 78.8 Å². The Morgan fingerprint density at radius 1 is 0.833 bits per heavy atom. The first-order chi connectivity index (χ1) is 16.9. The molecule has 2 aromatic heterocycles. The minimum atomic E-state index is 0.0505. The van der Waals surface area contributed by atoms with Crippen LogP contribution >= 0.6 is 11.3 Å². The maximum Gasteiger partial charge on any atom is 0.0880 e. The van der Waals surface area contributed by atoms with Crippen molar-refractivity contribution in [1.82, 2.24) is 4.98 Å². The number of benzene rings is 3. The van der Waals surface area contributed by atoms with Crippen LogP contribution in [0, 0.1) is 6.92 Å². The molecule has 0 saturated carbocycles. The van der Waals surface area contributed by atoms with Crippen LogP contribution in [0.4, 0.5) is 0 Å². The zero-order valence-electron chi connectivity index (χ0n) is 23.0. The van der Waals surface area contributed by atoms with Gasteiger partial charge >= 0.3 is 0 Å². The quantitative estimate of drug-likeness (QED) is 0.227. The van der Waals surface area contributed by atoms with Crippen molar-refractivity contribution in [3.63, 3.8) is 0 Å². The Kier molecular flexibility index (Phi) is 5.03. The lowest BCUT2D eigenvalue weighted by atomic mass is 9.62. The topological polar surface area (TPSA) is 12.9 Å². The molecule has 0 radical (unpaired) electrons. The molecule has 2 heteroatoms. The molecule has 0 bridgehead atoms. The smallest absolute Gasteiger partial charge is 0.0880 e. The Balaban J connectivity index is 1.72. The molecule has 0 aliphatic heterocycles. The number of aromatic nitrogens is 1. The maximum absolute atomic E-state index is 5.02. The van der Waals surface area contributed by atoms with Crippen molar-refractivity contribution in [2.24, 2.45) is 0 Å². The van der Waals surface area contributed by atoms with Crippen molar-refractivity contribution < 1.29 is 0 Å². The number of fused-ring (bicyclic) bond motifs is 6. The molecule has 1 nitrogen and oxygen atoms in total. The van der Waals surface area contributed by atoms with Crippen LogP contribution in [0.5, 0.6) is 0 Å². The summed E-state index contributed by atoms with van der Waals surface area (Å²) < 4.78 is 2.75. The van der Waals surface area contributed by atoms with Crippen LogP contribution in [-0.4, -0.2) is 4.98 Å². The Labute approximate surface area is 219 Å². The van der Waals surface area contributed by atoms with Gasteiger partial charge in [-0.25, -0.2) is 0 Å². The third-order valence-corrected chi connectivity index (χ3v) is 9.92. The molecule has 0 spiro atoms. The number of hydrogen-bond acceptors (Lipinski definition) is 2. The lowest BCUT2D eigenvalue weighted by Gasteiger charge is -2.42. The zero-order chi connectivity index (χ0) is 25.6. The highest BCUT2D eigenvalue weighted by molar-refractivity contribution is 7.26. The van der Waals surface area contributed by atoms with Crippen molar-refractivity contribution in [2.45, 2.75) is 84.5 Å². The van der Waals surface area contributed by atoms with Gasteiger partial charge < -0.3 is 0 Å². The van der Waals surface area contributed by atoms with E-state index in [-0.39, 0.29) is 16.2 Å². The molecule has 1 aliphatic carbocycles. The molecule has 0 N–H and O–H groups in total. The van der Waals surface area contributed by atoms with Crippen LogP contribution in [0.1, 0.15) is 83.6 Å². The van der Waals surface area contributed by atoms with E-state index in [2.05, 4.69) is 104 Å². The van der Waals surface area contributed by atoms with Gasteiger partial charge in [-0.2, -0.15) is 0 Å². The van der Waals surface area contributed by atoms with E-state index in [1.807, 2.05) is 17.5 Å². The Bertz CT molecular complexity index is 1670. The second kappa shape index (κ2) is 7.65. The van der Waals surface area contributed by atoms with Gasteiger partial charge in [0.2, 0.25) is 0 Å². The highest BCUT2D eigenvalue weighted by atomic mass is 32.1. The first-order valence-corrected chi connectivity index (χ1v) is 14.1. The lowest BCUT2D eigenvalue weighted by molar-refractivity contribution is 0.334. The summed E-state index contributed by atoms with van der Waals surface area (Å²) >= 11 is 1.94. The number of hydrogen-bond donors (Lipinski definition) is 0. The molecule has 0 atom stereocenters. The summed E-state index contributed by atoms with van der Waals surface area (Å²) in [4.78, 5) is 5.02. The van der Waals surface area contributed by atoms with Gasteiger partial charge in [0.15, 0.2) is 0 Å². The predicted molar refractivity (Wildman–Crippen MR) is 159 cm³/mol. The Morgan fingerprint density at radius 2 is 1.56 bits per heavy atom. The SMILES string of the molecule is Cc1cc2c(c3c1sc1c(-c4cc(C(C)(C)C)c5ccccc5c4)nccc13)C(C)(C)CCC2(C)C. The van der Waals surface area contributed by atoms with Gasteiger partial charge in [0.25, 0.3) is 0 Å². The highest BCUT2D eigenvalue weighted by Gasteiger charge is 2.39. The molecule has 0 fully saturated rings. The van der Waals surface area contributed by atoms with E-state index in [1.54, 1.807) is 11.1 Å². The van der Waals surface area contributed by atoms with Crippen LogP contribution in [0.15, 0.2) is 54.7 Å². The van der Waals surface area contributed by atoms with Gasteiger partial charge in [-0.15, -0.1) is 11.3 Å². The average molecular weight is 492 g/mol. The molecule has 184 valence electrons. The Hall–Kier alpha value is -2.71. The molecular formula is C34H37NS. The molecule has 5 aromatic rings. The number of aryl methyl sites for hydroxylation is 1. The monoisotopic (exact) mass is 491 g/mol. The number of pyridine rings is 1. The highest BCUT2D eigenvalue weighted by Crippen LogP contribution is 2.53. The van der Waals surface area contributed by atoms with E-state index >= 15 is 0 Å². The largest absolute Gasteiger partial charge is 0.255 e. The number of thiophene rings is 1. The molecule has 1 aliphatic rings. The maximum atomic E-state index is 5.02. The van der Waals surface area contributed by atoms with E-state index in [4.69, 9.17) is 4.98 Å². The molecule has 3 aromatic carbocycles. The van der Waals surface area contributed by atoms with E-state index in [0.717, 1.165) is 5.69 Å². The summed E-state index contributed by atoms with van der Waals surface area (Å²) in [5, 5.41) is 5.47. The van der Waals surface area contributed by atoms with Gasteiger partial charge in [-0.3, -0.25) is 4.98 Å². The summed E-state index contributed by atoms with van der Waals surface area (Å²) in [6.45, 7) is 19.0. The second-order valence-electron chi connectivity index (χ2n) is 13.2. The van der Waals surface area contributed by atoms with Crippen LogP contribution in [0.25, 0.3) is 42.2 Å². The first kappa shape index (κ1) is 23.7. The molecule has 0 saturated heterocycles. The summed E-state index contributed by atoms with van der Waals surface area (Å²) in [5.41, 5.74) is 8.65. The standard InChI is InChI=1S/C34H37NS/c1-20-17-26-28(34(7,8)15-14-33(26,5)6)27-24-13-16-35-29(31(24)36-30(20)27)22-18-21-11-9-10-12-23(21)25(19-22)32(2,3)4/h9-13,16-19H,14-15H2,1-8H3. The van der Waals surface area contributed by atoms with Crippen LogP contribution in [0.2, 0.25) is 0 Å². The molecular weight excluding hydrogens is 454 g/mol. The summed E-state index contributed by atoms with van der Waals surface area (Å²) in [6, 6.07) is 18.3. The van der Waals surface area contributed by atoms with Crippen molar-refractivity contribution in [3.05, 3.63) is 77.0 Å². The molecule has 6 rings (SSSR count). The van der Waals surface area contributed by atoms with Crippen LogP contribution < -0.4 is 0 Å². The minimum Gasteiger partial charge on any atom is -0.255 e. The normalized spacial score (nSPS) is 17.1. The molecule has 0 amide bonds. The third kappa shape index (κ3) is 3.44. The van der Waals surface area contributed by atoms with Gasteiger partial charge in [0, 0.05) is 27.2 Å². The molecule has 0 unspecified atom stereocenters. The van der Waals surface area contributed by atoms with Gasteiger partial charge in [-0.05, 0) is 87.2 Å². The van der Waals surface area contributed by atoms with Crippen molar-refractivity contribution >= 4 is 42.3 Å².